The molecule has 0 aliphatic carbocycles. The number of hydrogen-bond acceptors (Lipinski definition) is 3. The van der Waals surface area contributed by atoms with Gasteiger partial charge in [-0.05, 0) is 26.4 Å². The van der Waals surface area contributed by atoms with Crippen LogP contribution in [0, 0.1) is 5.92 Å². The Balaban J connectivity index is 3.86. The second kappa shape index (κ2) is 5.11. The Morgan fingerprint density at radius 3 is 2.33 bits per heavy atom. The average Bonchev–Trinajstić information content (AvgIpc) is 2.02. The van der Waals surface area contributed by atoms with Crippen LogP contribution >= 0.6 is 0 Å². The van der Waals surface area contributed by atoms with Gasteiger partial charge in [0.25, 0.3) is 0 Å². The van der Waals surface area contributed by atoms with Crippen LogP contribution in [0.3, 0.4) is 0 Å². The van der Waals surface area contributed by atoms with Crippen molar-refractivity contribution in [2.24, 2.45) is 17.4 Å². The minimum absolute atomic E-state index is 0.209. The van der Waals surface area contributed by atoms with Gasteiger partial charge in [-0.15, -0.1) is 0 Å². The van der Waals surface area contributed by atoms with Gasteiger partial charge in [0.05, 0.1) is 6.04 Å². The molecular weight excluding hydrogens is 154 g/mol. The fraction of sp³-hybridized carbons (Fsp3) is 0.875. The van der Waals surface area contributed by atoms with Crippen molar-refractivity contribution in [2.75, 3.05) is 20.1 Å². The Hall–Kier alpha value is -0.610. The van der Waals surface area contributed by atoms with Crippen LogP contribution in [0.2, 0.25) is 0 Å². The molecule has 0 saturated heterocycles. The highest BCUT2D eigenvalue weighted by atomic mass is 16.1. The number of rotatable bonds is 5. The van der Waals surface area contributed by atoms with E-state index in [0.717, 1.165) is 6.54 Å². The van der Waals surface area contributed by atoms with Crippen molar-refractivity contribution in [3.05, 3.63) is 0 Å². The summed E-state index contributed by atoms with van der Waals surface area (Å²) in [5.41, 5.74) is 10.6. The number of carbonyl (C=O) groups excluding carboxylic acids is 1. The van der Waals surface area contributed by atoms with Gasteiger partial charge in [0.2, 0.25) is 5.91 Å². The molecule has 0 aliphatic heterocycles. The highest BCUT2D eigenvalue weighted by Gasteiger charge is 2.15. The smallest absolute Gasteiger partial charge is 0.234 e. The zero-order valence-corrected chi connectivity index (χ0v) is 8.08. The molecule has 0 heterocycles. The van der Waals surface area contributed by atoms with Crippen molar-refractivity contribution >= 4 is 5.91 Å². The van der Waals surface area contributed by atoms with Gasteiger partial charge in [0, 0.05) is 6.54 Å². The Morgan fingerprint density at radius 1 is 1.50 bits per heavy atom. The molecule has 4 N–H and O–H groups in total. The highest BCUT2D eigenvalue weighted by molar-refractivity contribution is 5.79. The van der Waals surface area contributed by atoms with E-state index in [-0.39, 0.29) is 11.9 Å². The van der Waals surface area contributed by atoms with E-state index in [4.69, 9.17) is 11.5 Å². The van der Waals surface area contributed by atoms with E-state index < -0.39 is 0 Å². The summed E-state index contributed by atoms with van der Waals surface area (Å²) in [5.74, 6) is 0.110. The molecule has 4 nitrogen and oxygen atoms in total. The topological polar surface area (TPSA) is 72.3 Å². The number of primary amides is 1. The van der Waals surface area contributed by atoms with Crippen molar-refractivity contribution in [3.8, 4) is 0 Å². The molecular formula is C8H19N3O. The molecule has 0 rings (SSSR count). The van der Waals surface area contributed by atoms with Gasteiger partial charge in [-0.25, -0.2) is 0 Å². The van der Waals surface area contributed by atoms with Gasteiger partial charge in [-0.2, -0.15) is 0 Å². The summed E-state index contributed by atoms with van der Waals surface area (Å²) < 4.78 is 0. The third-order valence-corrected chi connectivity index (χ3v) is 2.07. The van der Waals surface area contributed by atoms with Gasteiger partial charge in [-0.3, -0.25) is 9.69 Å². The SMILES string of the molecule is CC(CN)CN(C)C(C)C(N)=O. The van der Waals surface area contributed by atoms with E-state index in [9.17, 15) is 4.79 Å². The van der Waals surface area contributed by atoms with Gasteiger partial charge >= 0.3 is 0 Å². The normalized spacial score (nSPS) is 16.1. The molecule has 0 aromatic heterocycles. The van der Waals surface area contributed by atoms with Crippen LogP contribution in [0.1, 0.15) is 13.8 Å². The minimum Gasteiger partial charge on any atom is -0.368 e. The second-order valence-corrected chi connectivity index (χ2v) is 3.36. The highest BCUT2D eigenvalue weighted by Crippen LogP contribution is 2.00. The van der Waals surface area contributed by atoms with Crippen LogP contribution in [-0.2, 0) is 4.79 Å². The standard InChI is InChI=1S/C8H19N3O/c1-6(4-9)5-11(3)7(2)8(10)12/h6-7H,4-5,9H2,1-3H3,(H2,10,12). The summed E-state index contributed by atoms with van der Waals surface area (Å²) in [5, 5.41) is 0. The van der Waals surface area contributed by atoms with Crippen LogP contribution in [-0.4, -0.2) is 37.0 Å². The zero-order chi connectivity index (χ0) is 9.72. The lowest BCUT2D eigenvalue weighted by Gasteiger charge is -2.24. The Morgan fingerprint density at radius 2 is 2.00 bits per heavy atom. The molecule has 0 spiro atoms. The average molecular weight is 173 g/mol. The molecule has 2 atom stereocenters. The first-order valence-electron chi connectivity index (χ1n) is 4.18. The van der Waals surface area contributed by atoms with E-state index in [1.165, 1.54) is 0 Å². The molecule has 0 aliphatic rings. The maximum absolute atomic E-state index is 10.8. The third-order valence-electron chi connectivity index (χ3n) is 2.07. The van der Waals surface area contributed by atoms with Crippen molar-refractivity contribution in [2.45, 2.75) is 19.9 Å². The number of hydrogen-bond donors (Lipinski definition) is 2. The quantitative estimate of drug-likeness (QED) is 0.582. The maximum atomic E-state index is 10.8. The fourth-order valence-electron chi connectivity index (χ4n) is 0.941. The van der Waals surface area contributed by atoms with Crippen molar-refractivity contribution < 1.29 is 4.79 Å². The van der Waals surface area contributed by atoms with Crippen molar-refractivity contribution in [1.29, 1.82) is 0 Å². The minimum atomic E-state index is -0.290. The monoisotopic (exact) mass is 173 g/mol. The van der Waals surface area contributed by atoms with Crippen LogP contribution in [0.5, 0.6) is 0 Å². The fourth-order valence-corrected chi connectivity index (χ4v) is 0.941. The second-order valence-electron chi connectivity index (χ2n) is 3.36. The number of nitrogens with zero attached hydrogens (tertiary/aromatic N) is 1. The van der Waals surface area contributed by atoms with Crippen LogP contribution in [0.25, 0.3) is 0 Å². The summed E-state index contributed by atoms with van der Waals surface area (Å²) in [4.78, 5) is 12.7. The molecule has 1 amide bonds. The molecule has 4 heteroatoms. The lowest BCUT2D eigenvalue weighted by atomic mass is 10.1. The molecule has 0 fully saturated rings. The van der Waals surface area contributed by atoms with Gasteiger partial charge < -0.3 is 11.5 Å². The molecule has 0 aromatic rings. The van der Waals surface area contributed by atoms with Crippen molar-refractivity contribution in [1.82, 2.24) is 4.90 Å². The van der Waals surface area contributed by atoms with E-state index >= 15 is 0 Å². The Bertz CT molecular complexity index is 149. The first-order chi connectivity index (χ1) is 5.49. The lowest BCUT2D eigenvalue weighted by Crippen LogP contribution is -2.43. The molecule has 0 aromatic carbocycles. The Labute approximate surface area is 73.9 Å². The van der Waals surface area contributed by atoms with E-state index in [2.05, 4.69) is 0 Å². The van der Waals surface area contributed by atoms with E-state index in [1.807, 2.05) is 18.9 Å². The summed E-state index contributed by atoms with van der Waals surface area (Å²) in [6.45, 7) is 5.28. The lowest BCUT2D eigenvalue weighted by molar-refractivity contribution is -0.122. The van der Waals surface area contributed by atoms with Crippen molar-refractivity contribution in [3.63, 3.8) is 0 Å². The maximum Gasteiger partial charge on any atom is 0.234 e. The van der Waals surface area contributed by atoms with Gasteiger partial charge in [-0.1, -0.05) is 6.92 Å². The summed E-state index contributed by atoms with van der Waals surface area (Å²) in [7, 11) is 1.88. The number of amides is 1. The number of carbonyl (C=O) groups is 1. The molecule has 2 unspecified atom stereocenters. The molecule has 0 bridgehead atoms. The molecule has 0 radical (unpaired) electrons. The molecule has 12 heavy (non-hydrogen) atoms. The van der Waals surface area contributed by atoms with E-state index in [0.29, 0.717) is 12.5 Å². The van der Waals surface area contributed by atoms with Crippen LogP contribution < -0.4 is 11.5 Å². The number of nitrogens with two attached hydrogens (primary N) is 2. The van der Waals surface area contributed by atoms with E-state index in [1.54, 1.807) is 6.92 Å². The zero-order valence-electron chi connectivity index (χ0n) is 8.08. The Kier molecular flexibility index (Phi) is 4.85. The van der Waals surface area contributed by atoms with Crippen LogP contribution in [0.4, 0.5) is 0 Å². The van der Waals surface area contributed by atoms with Gasteiger partial charge in [0.1, 0.15) is 0 Å². The largest absolute Gasteiger partial charge is 0.368 e. The predicted molar refractivity (Wildman–Crippen MR) is 49.5 cm³/mol. The summed E-state index contributed by atoms with van der Waals surface area (Å²) >= 11 is 0. The van der Waals surface area contributed by atoms with Gasteiger partial charge in [0.15, 0.2) is 0 Å². The summed E-state index contributed by atoms with van der Waals surface area (Å²) in [6.07, 6.45) is 0. The predicted octanol–water partition coefficient (Wildman–Crippen LogP) is -0.613. The summed E-state index contributed by atoms with van der Waals surface area (Å²) in [6, 6.07) is -0.209. The first kappa shape index (κ1) is 11.4. The first-order valence-corrected chi connectivity index (χ1v) is 4.18. The molecule has 0 saturated carbocycles. The molecule has 72 valence electrons. The number of likely N-dealkylation sites (N-methyl/N-ethyl adjacent to an activating group) is 1. The van der Waals surface area contributed by atoms with Crippen LogP contribution in [0.15, 0.2) is 0 Å². The third kappa shape index (κ3) is 3.69.